The van der Waals surface area contributed by atoms with Crippen molar-refractivity contribution in [1.29, 1.82) is 0 Å². The maximum absolute atomic E-state index is 13.1. The lowest BCUT2D eigenvalue weighted by Gasteiger charge is -2.33. The van der Waals surface area contributed by atoms with Gasteiger partial charge in [0.05, 0.1) is 11.0 Å². The van der Waals surface area contributed by atoms with Crippen LogP contribution in [0.3, 0.4) is 0 Å². The van der Waals surface area contributed by atoms with Crippen LogP contribution in [0, 0.1) is 0 Å². The van der Waals surface area contributed by atoms with Crippen LogP contribution in [0.25, 0.3) is 11.0 Å². The molecular weight excluding hydrogens is 406 g/mol. The number of fused-ring (bicyclic) bond motifs is 1. The summed E-state index contributed by atoms with van der Waals surface area (Å²) in [6.45, 7) is 3.73. The minimum atomic E-state index is 0.150. The van der Waals surface area contributed by atoms with Gasteiger partial charge in [0, 0.05) is 31.1 Å². The van der Waals surface area contributed by atoms with Gasteiger partial charge in [0.15, 0.2) is 0 Å². The van der Waals surface area contributed by atoms with Gasteiger partial charge in [0.1, 0.15) is 5.82 Å². The van der Waals surface area contributed by atoms with E-state index in [4.69, 9.17) is 4.98 Å². The molecule has 4 nitrogen and oxygen atoms in total. The number of piperidine rings is 1. The van der Waals surface area contributed by atoms with E-state index >= 15 is 0 Å². The van der Waals surface area contributed by atoms with Crippen molar-refractivity contribution < 1.29 is 4.79 Å². The molecule has 3 aromatic carbocycles. The average Bonchev–Trinajstić information content (AvgIpc) is 3.23. The van der Waals surface area contributed by atoms with E-state index in [2.05, 4.69) is 78.2 Å². The lowest BCUT2D eigenvalue weighted by Crippen LogP contribution is -2.39. The Balaban J connectivity index is 1.34. The van der Waals surface area contributed by atoms with Crippen molar-refractivity contribution >= 4 is 16.9 Å². The van der Waals surface area contributed by atoms with Gasteiger partial charge in [-0.15, -0.1) is 0 Å². The Morgan fingerprint density at radius 2 is 1.58 bits per heavy atom. The monoisotopic (exact) mass is 437 g/mol. The van der Waals surface area contributed by atoms with Crippen molar-refractivity contribution in [2.24, 2.45) is 0 Å². The predicted octanol–water partition coefficient (Wildman–Crippen LogP) is 6.06. The number of likely N-dealkylation sites (tertiary alicyclic amines) is 1. The van der Waals surface area contributed by atoms with Crippen molar-refractivity contribution in [3.05, 3.63) is 101 Å². The average molecular weight is 438 g/mol. The summed E-state index contributed by atoms with van der Waals surface area (Å²) in [7, 11) is 0. The fourth-order valence-electron chi connectivity index (χ4n) is 5.02. The Hall–Kier alpha value is -3.40. The molecule has 4 aromatic rings. The van der Waals surface area contributed by atoms with Crippen molar-refractivity contribution in [3.63, 3.8) is 0 Å². The molecule has 1 aromatic heterocycles. The van der Waals surface area contributed by atoms with E-state index in [9.17, 15) is 4.79 Å². The first kappa shape index (κ1) is 21.4. The van der Waals surface area contributed by atoms with Gasteiger partial charge in [-0.25, -0.2) is 4.98 Å². The maximum atomic E-state index is 13.1. The molecule has 5 rings (SSSR count). The van der Waals surface area contributed by atoms with Gasteiger partial charge >= 0.3 is 0 Å². The highest BCUT2D eigenvalue weighted by Gasteiger charge is 2.27. The number of carbonyl (C=O) groups excluding carboxylic acids is 1. The van der Waals surface area contributed by atoms with Gasteiger partial charge in [0.25, 0.3) is 5.91 Å². The van der Waals surface area contributed by atoms with Crippen LogP contribution in [0.4, 0.5) is 0 Å². The van der Waals surface area contributed by atoms with E-state index in [0.29, 0.717) is 6.04 Å². The van der Waals surface area contributed by atoms with E-state index in [1.54, 1.807) is 0 Å². The molecule has 1 fully saturated rings. The van der Waals surface area contributed by atoms with Crippen LogP contribution < -0.4 is 0 Å². The largest absolute Gasteiger partial charge is 0.338 e. The number of aryl methyl sites for hydroxylation is 1. The molecule has 4 heteroatoms. The molecule has 1 aliphatic rings. The first-order chi connectivity index (χ1) is 16.2. The van der Waals surface area contributed by atoms with Crippen LogP contribution in [0.15, 0.2) is 78.9 Å². The number of hydrogen-bond donors (Lipinski definition) is 0. The Kier molecular flexibility index (Phi) is 6.25. The molecule has 0 atom stereocenters. The van der Waals surface area contributed by atoms with Crippen LogP contribution in [0.2, 0.25) is 0 Å². The Morgan fingerprint density at radius 3 is 2.30 bits per heavy atom. The number of aromatic nitrogens is 2. The highest BCUT2D eigenvalue weighted by atomic mass is 16.2. The SMILES string of the molecule is CCCc1ccc(C(=O)N2CCC(n3c(Cc4ccccc4)nc4ccccc43)CC2)cc1. The van der Waals surface area contributed by atoms with Crippen LogP contribution in [0.5, 0.6) is 0 Å². The smallest absolute Gasteiger partial charge is 0.253 e. The van der Waals surface area contributed by atoms with Crippen molar-refractivity contribution in [1.82, 2.24) is 14.5 Å². The predicted molar refractivity (Wildman–Crippen MR) is 134 cm³/mol. The maximum Gasteiger partial charge on any atom is 0.253 e. The quantitative estimate of drug-likeness (QED) is 0.368. The molecule has 0 spiro atoms. The molecular formula is C29H31N3O. The normalized spacial score (nSPS) is 14.6. The second-order valence-electron chi connectivity index (χ2n) is 9.02. The molecule has 0 radical (unpaired) electrons. The molecule has 168 valence electrons. The summed E-state index contributed by atoms with van der Waals surface area (Å²) in [5.74, 6) is 1.26. The molecule has 1 saturated heterocycles. The minimum Gasteiger partial charge on any atom is -0.338 e. The summed E-state index contributed by atoms with van der Waals surface area (Å²) in [5, 5.41) is 0. The summed E-state index contributed by atoms with van der Waals surface area (Å²) < 4.78 is 2.43. The standard InChI is InChI=1S/C29H31N3O/c1-2-8-22-13-15-24(16-14-22)29(33)31-19-17-25(18-20-31)32-27-12-7-6-11-26(27)30-28(32)21-23-9-4-3-5-10-23/h3-7,9-16,25H,2,8,17-21H2,1H3. The fourth-order valence-corrected chi connectivity index (χ4v) is 5.02. The first-order valence-corrected chi connectivity index (χ1v) is 12.1. The molecule has 0 bridgehead atoms. The van der Waals surface area contributed by atoms with Gasteiger partial charge in [0.2, 0.25) is 0 Å². The number of benzene rings is 3. The van der Waals surface area contributed by atoms with Crippen LogP contribution >= 0.6 is 0 Å². The molecule has 0 unspecified atom stereocenters. The van der Waals surface area contributed by atoms with Gasteiger partial charge in [-0.2, -0.15) is 0 Å². The topological polar surface area (TPSA) is 38.1 Å². The van der Waals surface area contributed by atoms with Crippen LogP contribution in [-0.2, 0) is 12.8 Å². The number of amides is 1. The number of rotatable bonds is 6. The van der Waals surface area contributed by atoms with Crippen molar-refractivity contribution in [3.8, 4) is 0 Å². The summed E-state index contributed by atoms with van der Waals surface area (Å²) in [6, 6.07) is 27.5. The summed E-state index contributed by atoms with van der Waals surface area (Å²) in [6.07, 6.45) is 4.89. The molecule has 0 aliphatic carbocycles. The molecule has 0 N–H and O–H groups in total. The van der Waals surface area contributed by atoms with Gasteiger partial charge in [-0.05, 0) is 54.7 Å². The molecule has 33 heavy (non-hydrogen) atoms. The first-order valence-electron chi connectivity index (χ1n) is 12.1. The fraction of sp³-hybridized carbons (Fsp3) is 0.310. The second kappa shape index (κ2) is 9.62. The molecule has 1 aliphatic heterocycles. The number of carbonyl (C=O) groups is 1. The highest BCUT2D eigenvalue weighted by molar-refractivity contribution is 5.94. The zero-order valence-electron chi connectivity index (χ0n) is 19.3. The number of imidazole rings is 1. The van der Waals surface area contributed by atoms with Crippen molar-refractivity contribution in [2.45, 2.75) is 45.1 Å². The molecule has 2 heterocycles. The molecule has 1 amide bonds. The minimum absolute atomic E-state index is 0.150. The number of hydrogen-bond acceptors (Lipinski definition) is 2. The van der Waals surface area contributed by atoms with Gasteiger partial charge in [-0.3, -0.25) is 4.79 Å². The summed E-state index contributed by atoms with van der Waals surface area (Å²) >= 11 is 0. The van der Waals surface area contributed by atoms with E-state index in [1.807, 2.05) is 17.0 Å². The Labute approximate surface area is 195 Å². The van der Waals surface area contributed by atoms with E-state index in [-0.39, 0.29) is 5.91 Å². The zero-order chi connectivity index (χ0) is 22.6. The number of para-hydroxylation sites is 2. The van der Waals surface area contributed by atoms with Crippen LogP contribution in [-0.4, -0.2) is 33.4 Å². The highest BCUT2D eigenvalue weighted by Crippen LogP contribution is 2.30. The molecule has 0 saturated carbocycles. The Bertz CT molecular complexity index is 1220. The zero-order valence-corrected chi connectivity index (χ0v) is 19.3. The third-order valence-corrected chi connectivity index (χ3v) is 6.73. The van der Waals surface area contributed by atoms with E-state index < -0.39 is 0 Å². The van der Waals surface area contributed by atoms with Crippen LogP contribution in [0.1, 0.15) is 59.5 Å². The number of nitrogens with zero attached hydrogens (tertiary/aromatic N) is 3. The third kappa shape index (κ3) is 4.56. The van der Waals surface area contributed by atoms with Gasteiger partial charge < -0.3 is 9.47 Å². The second-order valence-corrected chi connectivity index (χ2v) is 9.02. The summed E-state index contributed by atoms with van der Waals surface area (Å²) in [5.41, 5.74) is 5.61. The lowest BCUT2D eigenvalue weighted by molar-refractivity contribution is 0.0695. The third-order valence-electron chi connectivity index (χ3n) is 6.73. The van der Waals surface area contributed by atoms with E-state index in [0.717, 1.165) is 62.1 Å². The van der Waals surface area contributed by atoms with Gasteiger partial charge in [-0.1, -0.05) is 67.9 Å². The summed E-state index contributed by atoms with van der Waals surface area (Å²) in [4.78, 5) is 20.1. The van der Waals surface area contributed by atoms with E-state index in [1.165, 1.54) is 16.6 Å². The van der Waals surface area contributed by atoms with Crippen molar-refractivity contribution in [2.75, 3.05) is 13.1 Å². The Morgan fingerprint density at radius 1 is 0.879 bits per heavy atom. The lowest BCUT2D eigenvalue weighted by atomic mass is 10.0.